The van der Waals surface area contributed by atoms with Gasteiger partial charge in [0.05, 0.1) is 50.6 Å². The molecule has 0 radical (unpaired) electrons. The quantitative estimate of drug-likeness (QED) is 0.197. The Kier molecular flexibility index (Phi) is 6.10. The van der Waals surface area contributed by atoms with E-state index in [1.807, 2.05) is 103 Å². The largest absolute Gasteiger partial charge is 0.418 e. The molecule has 0 aliphatic rings. The van der Waals surface area contributed by atoms with Gasteiger partial charge in [0.15, 0.2) is 0 Å². The van der Waals surface area contributed by atoms with E-state index >= 15 is 13.2 Å². The number of fused-ring (bicyclic) bond motifs is 6. The van der Waals surface area contributed by atoms with Gasteiger partial charge in [0.2, 0.25) is 0 Å². The van der Waals surface area contributed by atoms with Crippen LogP contribution in [0.5, 0.6) is 0 Å². The van der Waals surface area contributed by atoms with Crippen molar-refractivity contribution in [3.05, 3.63) is 144 Å². The molecule has 46 heavy (non-hydrogen) atoms. The summed E-state index contributed by atoms with van der Waals surface area (Å²) in [5, 5.41) is 13.3. The molecule has 0 aliphatic heterocycles. The van der Waals surface area contributed by atoms with Gasteiger partial charge in [-0.15, -0.1) is 0 Å². The molecule has 8 aromatic rings. The fraction of sp³-hybridized carbons (Fsp3) is 0.0750. The fourth-order valence-electron chi connectivity index (χ4n) is 6.85. The number of hydrogen-bond donors (Lipinski definition) is 0. The van der Waals surface area contributed by atoms with E-state index in [9.17, 15) is 5.26 Å². The Hall–Kier alpha value is -5.80. The first-order valence-electron chi connectivity index (χ1n) is 15.0. The lowest BCUT2D eigenvalue weighted by molar-refractivity contribution is -0.137. The molecule has 6 heteroatoms. The van der Waals surface area contributed by atoms with E-state index in [0.29, 0.717) is 33.4 Å². The van der Waals surface area contributed by atoms with Crippen LogP contribution in [0.2, 0.25) is 0 Å². The van der Waals surface area contributed by atoms with Gasteiger partial charge in [0.1, 0.15) is 0 Å². The Labute approximate surface area is 263 Å². The van der Waals surface area contributed by atoms with Gasteiger partial charge in [-0.05, 0) is 85.6 Å². The number of alkyl halides is 3. The van der Waals surface area contributed by atoms with Crippen molar-refractivity contribution in [1.29, 1.82) is 5.26 Å². The summed E-state index contributed by atoms with van der Waals surface area (Å²) in [5.41, 5.74) is 6.04. The lowest BCUT2D eigenvalue weighted by Crippen LogP contribution is -2.15. The van der Waals surface area contributed by atoms with Crippen LogP contribution in [0, 0.1) is 25.2 Å². The molecule has 0 atom stereocenters. The minimum Gasteiger partial charge on any atom is -0.307 e. The summed E-state index contributed by atoms with van der Waals surface area (Å²) in [4.78, 5) is 0. The van der Waals surface area contributed by atoms with E-state index in [0.717, 1.165) is 43.7 Å². The molecule has 0 N–H and O–H groups in total. The third-order valence-electron chi connectivity index (χ3n) is 8.84. The van der Waals surface area contributed by atoms with Crippen LogP contribution in [0.4, 0.5) is 13.2 Å². The molecule has 0 aliphatic carbocycles. The van der Waals surface area contributed by atoms with Crippen molar-refractivity contribution in [2.24, 2.45) is 0 Å². The maximum absolute atomic E-state index is 15.6. The number of aryl methyl sites for hydroxylation is 2. The monoisotopic (exact) mass is 605 g/mol. The number of nitrogens with zero attached hydrogens (tertiary/aromatic N) is 3. The molecule has 0 saturated heterocycles. The Morgan fingerprint density at radius 3 is 1.72 bits per heavy atom. The average Bonchev–Trinajstić information content (AvgIpc) is 3.55. The highest BCUT2D eigenvalue weighted by molar-refractivity contribution is 6.12. The summed E-state index contributed by atoms with van der Waals surface area (Å²) in [7, 11) is 0. The molecule has 6 aromatic carbocycles. The number of benzene rings is 6. The molecule has 0 spiro atoms. The van der Waals surface area contributed by atoms with Crippen molar-refractivity contribution in [2.45, 2.75) is 20.0 Å². The van der Waals surface area contributed by atoms with E-state index in [1.54, 1.807) is 28.8 Å². The third kappa shape index (κ3) is 4.20. The van der Waals surface area contributed by atoms with E-state index in [2.05, 4.69) is 12.1 Å². The van der Waals surface area contributed by atoms with Gasteiger partial charge >= 0.3 is 6.18 Å². The lowest BCUT2D eigenvalue weighted by atomic mass is 9.98. The van der Waals surface area contributed by atoms with Crippen LogP contribution in [0.25, 0.3) is 66.1 Å². The lowest BCUT2D eigenvalue weighted by Gasteiger charge is -2.23. The van der Waals surface area contributed by atoms with Crippen LogP contribution in [-0.4, -0.2) is 9.13 Å². The normalized spacial score (nSPS) is 12.0. The summed E-state index contributed by atoms with van der Waals surface area (Å²) >= 11 is 0. The van der Waals surface area contributed by atoms with Gasteiger partial charge in [-0.1, -0.05) is 71.8 Å². The van der Waals surface area contributed by atoms with Crippen molar-refractivity contribution in [3.8, 4) is 28.6 Å². The molecule has 0 amide bonds. The van der Waals surface area contributed by atoms with E-state index in [-0.39, 0.29) is 5.69 Å². The van der Waals surface area contributed by atoms with Crippen molar-refractivity contribution < 1.29 is 13.2 Å². The van der Waals surface area contributed by atoms with Gasteiger partial charge in [0.25, 0.3) is 0 Å². The zero-order valence-corrected chi connectivity index (χ0v) is 25.0. The van der Waals surface area contributed by atoms with Crippen molar-refractivity contribution >= 4 is 43.6 Å². The summed E-state index contributed by atoms with van der Waals surface area (Å²) in [6.45, 7) is 4.00. The zero-order valence-electron chi connectivity index (χ0n) is 25.0. The third-order valence-corrected chi connectivity index (χ3v) is 8.84. The van der Waals surface area contributed by atoms with Crippen LogP contribution in [0.1, 0.15) is 22.3 Å². The standard InChI is InChI=1S/C40H26F3N3/c1-24-14-16-36-31(18-24)29-10-3-5-12-34(29)45(36)38-22-28(27-9-7-8-26(20-27)23-44)21-33(40(41,42)43)39(38)46-35-13-6-4-11-30(35)32-19-25(2)15-17-37(32)46/h3-22H,1-2H3. The van der Waals surface area contributed by atoms with Crippen molar-refractivity contribution in [3.63, 3.8) is 0 Å². The highest BCUT2D eigenvalue weighted by Gasteiger charge is 2.37. The Balaban J connectivity index is 1.62. The van der Waals surface area contributed by atoms with E-state index in [4.69, 9.17) is 0 Å². The Morgan fingerprint density at radius 1 is 0.543 bits per heavy atom. The molecule has 0 saturated carbocycles. The predicted octanol–water partition coefficient (Wildman–Crippen LogP) is 11.1. The predicted molar refractivity (Wildman–Crippen MR) is 180 cm³/mol. The maximum Gasteiger partial charge on any atom is 0.418 e. The van der Waals surface area contributed by atoms with Gasteiger partial charge in [-0.3, -0.25) is 0 Å². The molecule has 0 unspecified atom stereocenters. The number of rotatable bonds is 3. The van der Waals surface area contributed by atoms with Crippen LogP contribution in [0.3, 0.4) is 0 Å². The van der Waals surface area contributed by atoms with Crippen LogP contribution in [-0.2, 0) is 6.18 Å². The van der Waals surface area contributed by atoms with Gasteiger partial charge in [-0.25, -0.2) is 0 Å². The van der Waals surface area contributed by atoms with Crippen molar-refractivity contribution in [1.82, 2.24) is 9.13 Å². The first kappa shape index (κ1) is 27.7. The number of nitriles is 1. The second-order valence-corrected chi connectivity index (χ2v) is 11.8. The van der Waals surface area contributed by atoms with Gasteiger partial charge in [0, 0.05) is 21.5 Å². The molecule has 222 valence electrons. The molecule has 8 rings (SSSR count). The topological polar surface area (TPSA) is 33.6 Å². The first-order chi connectivity index (χ1) is 22.2. The molecule has 0 fully saturated rings. The average molecular weight is 606 g/mol. The SMILES string of the molecule is Cc1ccc2c(c1)c1ccccc1n2-c1cc(-c2cccc(C#N)c2)cc(C(F)(F)F)c1-n1c2ccccc2c2cc(C)ccc21. The van der Waals surface area contributed by atoms with Gasteiger partial charge in [-0.2, -0.15) is 18.4 Å². The van der Waals surface area contributed by atoms with Crippen LogP contribution in [0.15, 0.2) is 121 Å². The second kappa shape index (κ2) is 10.1. The molecule has 3 nitrogen and oxygen atoms in total. The second-order valence-electron chi connectivity index (χ2n) is 11.8. The fourth-order valence-corrected chi connectivity index (χ4v) is 6.85. The smallest absolute Gasteiger partial charge is 0.307 e. The summed E-state index contributed by atoms with van der Waals surface area (Å²) in [6.07, 6.45) is -4.70. The summed E-state index contributed by atoms with van der Waals surface area (Å²) < 4.78 is 50.4. The summed E-state index contributed by atoms with van der Waals surface area (Å²) in [6, 6.07) is 39.3. The minimum atomic E-state index is -4.70. The number of aromatic nitrogens is 2. The van der Waals surface area contributed by atoms with E-state index in [1.165, 1.54) is 6.07 Å². The number of para-hydroxylation sites is 2. The van der Waals surface area contributed by atoms with Crippen LogP contribution < -0.4 is 0 Å². The maximum atomic E-state index is 15.6. The highest BCUT2D eigenvalue weighted by Crippen LogP contribution is 2.45. The Bertz CT molecular complexity index is 2560. The molecule has 2 heterocycles. The summed E-state index contributed by atoms with van der Waals surface area (Å²) in [5.74, 6) is 0. The molecular weight excluding hydrogens is 579 g/mol. The van der Waals surface area contributed by atoms with Gasteiger partial charge < -0.3 is 9.13 Å². The Morgan fingerprint density at radius 2 is 1.11 bits per heavy atom. The van der Waals surface area contributed by atoms with Crippen LogP contribution >= 0.6 is 0 Å². The minimum absolute atomic E-state index is 0.0472. The molecule has 0 bridgehead atoms. The zero-order chi connectivity index (χ0) is 31.7. The molecular formula is C40H26F3N3. The highest BCUT2D eigenvalue weighted by atomic mass is 19.4. The van der Waals surface area contributed by atoms with E-state index < -0.39 is 11.7 Å². The molecule has 2 aromatic heterocycles. The van der Waals surface area contributed by atoms with Crippen molar-refractivity contribution in [2.75, 3.05) is 0 Å². The number of hydrogen-bond acceptors (Lipinski definition) is 1. The first-order valence-corrected chi connectivity index (χ1v) is 15.0. The number of halogens is 3.